The van der Waals surface area contributed by atoms with Crippen molar-refractivity contribution in [2.24, 2.45) is 0 Å². The monoisotopic (exact) mass is 269 g/mol. The molecule has 1 heterocycles. The number of hydrogen-bond donors (Lipinski definition) is 0. The van der Waals surface area contributed by atoms with Crippen LogP contribution in [0.2, 0.25) is 0 Å². The van der Waals surface area contributed by atoms with Gasteiger partial charge in [-0.2, -0.15) is 0 Å². The van der Waals surface area contributed by atoms with E-state index in [-0.39, 0.29) is 18.3 Å². The lowest BCUT2D eigenvalue weighted by Crippen LogP contribution is -2.29. The average molecular weight is 269 g/mol. The van der Waals surface area contributed by atoms with E-state index in [0.29, 0.717) is 13.2 Å². The standard InChI is InChI=1S/C13H19NO3S/c1-4-10-7-9-18-12(10)13(16)14(3)8-6-11(15)17-5-2/h7,9H,4-6,8H2,1-3H3. The number of rotatable bonds is 6. The summed E-state index contributed by atoms with van der Waals surface area (Å²) in [5.74, 6) is -0.287. The second-order valence-corrected chi connectivity index (χ2v) is 4.83. The Hall–Kier alpha value is -1.36. The van der Waals surface area contributed by atoms with E-state index >= 15 is 0 Å². The molecular weight excluding hydrogens is 250 g/mol. The van der Waals surface area contributed by atoms with Gasteiger partial charge in [0.1, 0.15) is 0 Å². The molecule has 0 fully saturated rings. The fourth-order valence-corrected chi connectivity index (χ4v) is 2.56. The summed E-state index contributed by atoms with van der Waals surface area (Å²) in [7, 11) is 1.71. The van der Waals surface area contributed by atoms with E-state index in [9.17, 15) is 9.59 Å². The van der Waals surface area contributed by atoms with Crippen molar-refractivity contribution < 1.29 is 14.3 Å². The van der Waals surface area contributed by atoms with Crippen molar-refractivity contribution in [2.75, 3.05) is 20.2 Å². The predicted octanol–water partition coefficient (Wildman–Crippen LogP) is 2.34. The van der Waals surface area contributed by atoms with Gasteiger partial charge in [-0.1, -0.05) is 6.92 Å². The molecule has 0 saturated heterocycles. The molecule has 0 radical (unpaired) electrons. The van der Waals surface area contributed by atoms with Gasteiger partial charge in [-0.3, -0.25) is 9.59 Å². The van der Waals surface area contributed by atoms with Crippen LogP contribution in [0.3, 0.4) is 0 Å². The van der Waals surface area contributed by atoms with E-state index in [2.05, 4.69) is 0 Å². The first-order chi connectivity index (χ1) is 8.60. The lowest BCUT2D eigenvalue weighted by molar-refractivity contribution is -0.143. The molecule has 0 aliphatic heterocycles. The largest absolute Gasteiger partial charge is 0.466 e. The van der Waals surface area contributed by atoms with E-state index in [1.807, 2.05) is 18.4 Å². The second-order valence-electron chi connectivity index (χ2n) is 3.91. The first-order valence-electron chi connectivity index (χ1n) is 6.07. The van der Waals surface area contributed by atoms with Crippen LogP contribution < -0.4 is 0 Å². The first kappa shape index (κ1) is 14.7. The fraction of sp³-hybridized carbons (Fsp3) is 0.538. The third-order valence-electron chi connectivity index (χ3n) is 2.63. The summed E-state index contributed by atoms with van der Waals surface area (Å²) < 4.78 is 4.83. The van der Waals surface area contributed by atoms with E-state index in [0.717, 1.165) is 16.9 Å². The van der Waals surface area contributed by atoms with Crippen molar-refractivity contribution in [1.82, 2.24) is 4.90 Å². The van der Waals surface area contributed by atoms with Crippen LogP contribution in [-0.2, 0) is 16.0 Å². The number of carbonyl (C=O) groups is 2. The van der Waals surface area contributed by atoms with Crippen LogP contribution in [0, 0.1) is 0 Å². The van der Waals surface area contributed by atoms with Crippen LogP contribution in [0.5, 0.6) is 0 Å². The predicted molar refractivity (Wildman–Crippen MR) is 71.9 cm³/mol. The third-order valence-corrected chi connectivity index (χ3v) is 3.57. The Morgan fingerprint density at radius 1 is 1.39 bits per heavy atom. The zero-order chi connectivity index (χ0) is 13.5. The quantitative estimate of drug-likeness (QED) is 0.745. The summed E-state index contributed by atoms with van der Waals surface area (Å²) in [5, 5.41) is 1.92. The zero-order valence-corrected chi connectivity index (χ0v) is 11.9. The van der Waals surface area contributed by atoms with Gasteiger partial charge in [-0.05, 0) is 30.4 Å². The first-order valence-corrected chi connectivity index (χ1v) is 6.95. The van der Waals surface area contributed by atoms with E-state index in [1.165, 1.54) is 11.3 Å². The van der Waals surface area contributed by atoms with Gasteiger partial charge < -0.3 is 9.64 Å². The van der Waals surface area contributed by atoms with E-state index < -0.39 is 0 Å². The number of thiophene rings is 1. The third kappa shape index (κ3) is 3.84. The molecule has 0 aliphatic rings. The Morgan fingerprint density at radius 3 is 2.72 bits per heavy atom. The van der Waals surface area contributed by atoms with E-state index in [1.54, 1.807) is 18.9 Å². The van der Waals surface area contributed by atoms with Gasteiger partial charge in [-0.25, -0.2) is 0 Å². The molecule has 0 unspecified atom stereocenters. The molecule has 0 bridgehead atoms. The van der Waals surface area contributed by atoms with Gasteiger partial charge in [0.05, 0.1) is 17.9 Å². The van der Waals surface area contributed by atoms with Crippen molar-refractivity contribution in [2.45, 2.75) is 26.7 Å². The molecule has 18 heavy (non-hydrogen) atoms. The summed E-state index contributed by atoms with van der Waals surface area (Å²) in [5.41, 5.74) is 1.06. The highest BCUT2D eigenvalue weighted by Gasteiger charge is 2.17. The van der Waals surface area contributed by atoms with Gasteiger partial charge >= 0.3 is 5.97 Å². The molecule has 5 heteroatoms. The molecule has 1 aromatic heterocycles. The van der Waals surface area contributed by atoms with Crippen molar-refractivity contribution in [3.8, 4) is 0 Å². The Balaban J connectivity index is 2.54. The van der Waals surface area contributed by atoms with Crippen molar-refractivity contribution in [1.29, 1.82) is 0 Å². The molecule has 0 spiro atoms. The van der Waals surface area contributed by atoms with Crippen molar-refractivity contribution in [3.63, 3.8) is 0 Å². The number of hydrogen-bond acceptors (Lipinski definition) is 4. The molecule has 0 N–H and O–H groups in total. The molecule has 1 amide bonds. The van der Waals surface area contributed by atoms with Crippen LogP contribution in [-0.4, -0.2) is 37.0 Å². The maximum absolute atomic E-state index is 12.1. The number of esters is 1. The van der Waals surface area contributed by atoms with Crippen LogP contribution in [0.1, 0.15) is 35.5 Å². The smallest absolute Gasteiger partial charge is 0.307 e. The maximum Gasteiger partial charge on any atom is 0.307 e. The zero-order valence-electron chi connectivity index (χ0n) is 11.1. The minimum absolute atomic E-state index is 0.0221. The number of amides is 1. The highest BCUT2D eigenvalue weighted by molar-refractivity contribution is 7.12. The van der Waals surface area contributed by atoms with Gasteiger partial charge in [0.2, 0.25) is 0 Å². The molecule has 4 nitrogen and oxygen atoms in total. The van der Waals surface area contributed by atoms with Gasteiger partial charge in [0.15, 0.2) is 0 Å². The number of aryl methyl sites for hydroxylation is 1. The topological polar surface area (TPSA) is 46.6 Å². The van der Waals surface area contributed by atoms with Gasteiger partial charge in [0.25, 0.3) is 5.91 Å². The Morgan fingerprint density at radius 2 is 2.11 bits per heavy atom. The number of ether oxygens (including phenoxy) is 1. The maximum atomic E-state index is 12.1. The normalized spacial score (nSPS) is 10.2. The summed E-state index contributed by atoms with van der Waals surface area (Å²) in [6.07, 6.45) is 1.08. The highest BCUT2D eigenvalue weighted by atomic mass is 32.1. The van der Waals surface area contributed by atoms with Crippen LogP contribution >= 0.6 is 11.3 Å². The minimum Gasteiger partial charge on any atom is -0.466 e. The summed E-state index contributed by atoms with van der Waals surface area (Å²) in [4.78, 5) is 25.7. The molecule has 1 rings (SSSR count). The highest BCUT2D eigenvalue weighted by Crippen LogP contribution is 2.19. The molecule has 1 aromatic rings. The lowest BCUT2D eigenvalue weighted by atomic mass is 10.2. The average Bonchev–Trinajstić information content (AvgIpc) is 2.83. The Bertz CT molecular complexity index is 414. The van der Waals surface area contributed by atoms with Crippen LogP contribution in [0.25, 0.3) is 0 Å². The lowest BCUT2D eigenvalue weighted by Gasteiger charge is -2.16. The van der Waals surface area contributed by atoms with Crippen molar-refractivity contribution >= 4 is 23.2 Å². The van der Waals surface area contributed by atoms with E-state index in [4.69, 9.17) is 4.74 Å². The Labute approximate surface area is 112 Å². The van der Waals surface area contributed by atoms with Crippen molar-refractivity contribution in [3.05, 3.63) is 21.9 Å². The van der Waals surface area contributed by atoms with Gasteiger partial charge in [0, 0.05) is 13.6 Å². The SMILES string of the molecule is CCOC(=O)CCN(C)C(=O)c1sccc1CC. The van der Waals surface area contributed by atoms with Crippen LogP contribution in [0.4, 0.5) is 0 Å². The summed E-state index contributed by atoms with van der Waals surface area (Å²) in [6.45, 7) is 4.56. The molecule has 0 aliphatic carbocycles. The number of nitrogens with zero attached hydrogens (tertiary/aromatic N) is 1. The Kier molecular flexibility index (Phi) is 5.85. The molecule has 0 atom stereocenters. The van der Waals surface area contributed by atoms with Crippen LogP contribution in [0.15, 0.2) is 11.4 Å². The molecule has 0 aromatic carbocycles. The fourth-order valence-electron chi connectivity index (χ4n) is 1.57. The number of carbonyl (C=O) groups excluding carboxylic acids is 2. The molecular formula is C13H19NO3S. The summed E-state index contributed by atoms with van der Waals surface area (Å²) >= 11 is 1.45. The summed E-state index contributed by atoms with van der Waals surface area (Å²) in [6, 6.07) is 1.97. The second kappa shape index (κ2) is 7.16. The molecule has 0 saturated carbocycles. The molecule has 100 valence electrons. The van der Waals surface area contributed by atoms with Gasteiger partial charge in [-0.15, -0.1) is 11.3 Å². The minimum atomic E-state index is -0.265.